The highest BCUT2D eigenvalue weighted by atomic mass is 35.5. The first-order chi connectivity index (χ1) is 8.93. The minimum absolute atomic E-state index is 0. The summed E-state index contributed by atoms with van der Waals surface area (Å²) in [6.07, 6.45) is 17.0. The summed E-state index contributed by atoms with van der Waals surface area (Å²) in [5.74, 6) is 1.38. The molecule has 0 amide bonds. The van der Waals surface area contributed by atoms with Crippen molar-refractivity contribution < 1.29 is 17.4 Å². The molecule has 0 aromatic rings. The number of halogens is 1. The van der Waals surface area contributed by atoms with Gasteiger partial charge < -0.3 is 12.4 Å². The van der Waals surface area contributed by atoms with E-state index < -0.39 is 0 Å². The first kappa shape index (κ1) is 18.8. The van der Waals surface area contributed by atoms with Crippen LogP contribution in [-0.2, 0) is 0 Å². The summed E-state index contributed by atoms with van der Waals surface area (Å²) in [5.41, 5.74) is 0. The minimum Gasteiger partial charge on any atom is -1.00 e. The molecule has 1 rings (SSSR count). The molecule has 0 saturated heterocycles. The van der Waals surface area contributed by atoms with E-state index in [-0.39, 0.29) is 12.4 Å². The first-order valence-electron chi connectivity index (χ1n) is 8.27. The standard InChI is InChI=1S/C16H32N2.ClH/c1-2-3-4-5-6-7-8-9-10-11-12-13-16-17-14-15-18-16;/h2-15H2,1H3,(H,17,18);1H. The molecule has 2 N–H and O–H groups in total. The number of amidine groups is 1. The van der Waals surface area contributed by atoms with Crippen molar-refractivity contribution in [1.29, 1.82) is 0 Å². The van der Waals surface area contributed by atoms with Gasteiger partial charge in [-0.15, -0.1) is 0 Å². The fourth-order valence-electron chi connectivity index (χ4n) is 2.63. The molecule has 0 spiro atoms. The molecule has 0 aromatic heterocycles. The van der Waals surface area contributed by atoms with Crippen LogP contribution in [0.25, 0.3) is 0 Å². The average Bonchev–Trinajstić information content (AvgIpc) is 2.89. The van der Waals surface area contributed by atoms with Crippen LogP contribution in [0.3, 0.4) is 0 Å². The zero-order valence-corrected chi connectivity index (χ0v) is 13.5. The lowest BCUT2D eigenvalue weighted by Crippen LogP contribution is -3.00. The van der Waals surface area contributed by atoms with E-state index in [0.717, 1.165) is 13.1 Å². The Morgan fingerprint density at radius 2 is 1.37 bits per heavy atom. The van der Waals surface area contributed by atoms with Crippen molar-refractivity contribution in [2.45, 2.75) is 84.0 Å². The minimum atomic E-state index is 0. The number of hydrogen-bond donors (Lipinski definition) is 2. The zero-order valence-electron chi connectivity index (χ0n) is 12.8. The molecule has 2 nitrogen and oxygen atoms in total. The van der Waals surface area contributed by atoms with E-state index in [0.29, 0.717) is 0 Å². The van der Waals surface area contributed by atoms with Crippen LogP contribution in [0.4, 0.5) is 0 Å². The van der Waals surface area contributed by atoms with Gasteiger partial charge in [0.05, 0.1) is 0 Å². The highest BCUT2D eigenvalue weighted by Gasteiger charge is 2.10. The molecular weight excluding hydrogens is 256 g/mol. The third-order valence-corrected chi connectivity index (χ3v) is 3.83. The maximum Gasteiger partial charge on any atom is 0.242 e. The number of hydrogen-bond acceptors (Lipinski definition) is 1. The predicted octanol–water partition coefficient (Wildman–Crippen LogP) is -0.226. The molecule has 0 atom stereocenters. The molecule has 1 aliphatic heterocycles. The predicted molar refractivity (Wildman–Crippen MR) is 79.9 cm³/mol. The van der Waals surface area contributed by atoms with Gasteiger partial charge in [-0.2, -0.15) is 0 Å². The Labute approximate surface area is 126 Å². The molecule has 0 bridgehead atoms. The van der Waals surface area contributed by atoms with Gasteiger partial charge in [0, 0.05) is 6.42 Å². The van der Waals surface area contributed by atoms with Crippen LogP contribution in [0.1, 0.15) is 84.0 Å². The molecule has 0 fully saturated rings. The summed E-state index contributed by atoms with van der Waals surface area (Å²) in [5, 5.41) is 3.40. The first-order valence-corrected chi connectivity index (χ1v) is 8.27. The van der Waals surface area contributed by atoms with E-state index in [1.54, 1.807) is 0 Å². The molecule has 1 aliphatic rings. The van der Waals surface area contributed by atoms with E-state index >= 15 is 0 Å². The van der Waals surface area contributed by atoms with E-state index in [2.05, 4.69) is 17.2 Å². The topological polar surface area (TPSA) is 26.0 Å². The van der Waals surface area contributed by atoms with Crippen LogP contribution >= 0.6 is 0 Å². The average molecular weight is 289 g/mol. The molecule has 0 unspecified atom stereocenters. The van der Waals surface area contributed by atoms with Gasteiger partial charge >= 0.3 is 0 Å². The van der Waals surface area contributed by atoms with Crippen molar-refractivity contribution in [3.05, 3.63) is 0 Å². The smallest absolute Gasteiger partial charge is 0.242 e. The second-order valence-corrected chi connectivity index (χ2v) is 5.62. The molecule has 3 heteroatoms. The molecular formula is C16H33ClN2. The van der Waals surface area contributed by atoms with Crippen molar-refractivity contribution in [2.24, 2.45) is 0 Å². The maximum atomic E-state index is 3.40. The molecule has 1 heterocycles. The maximum absolute atomic E-state index is 3.40. The molecule has 0 aliphatic carbocycles. The zero-order chi connectivity index (χ0) is 12.9. The molecule has 114 valence electrons. The van der Waals surface area contributed by atoms with Crippen LogP contribution in [0.15, 0.2) is 0 Å². The van der Waals surface area contributed by atoms with Crippen molar-refractivity contribution in [3.63, 3.8) is 0 Å². The summed E-state index contributed by atoms with van der Waals surface area (Å²) in [6.45, 7) is 4.52. The van der Waals surface area contributed by atoms with Crippen LogP contribution in [-0.4, -0.2) is 18.9 Å². The van der Waals surface area contributed by atoms with Crippen LogP contribution in [0, 0.1) is 0 Å². The third kappa shape index (κ3) is 11.3. The monoisotopic (exact) mass is 288 g/mol. The van der Waals surface area contributed by atoms with Gasteiger partial charge in [-0.3, -0.25) is 10.3 Å². The van der Waals surface area contributed by atoms with E-state index in [9.17, 15) is 0 Å². The Bertz CT molecular complexity index is 217. The van der Waals surface area contributed by atoms with Crippen molar-refractivity contribution in [2.75, 3.05) is 13.1 Å². The van der Waals surface area contributed by atoms with Gasteiger partial charge in [0.15, 0.2) is 0 Å². The van der Waals surface area contributed by atoms with E-state index in [1.165, 1.54) is 82.9 Å². The van der Waals surface area contributed by atoms with Crippen LogP contribution in [0.2, 0.25) is 0 Å². The normalized spacial score (nSPS) is 13.8. The Balaban J connectivity index is 0.00000324. The summed E-state index contributed by atoms with van der Waals surface area (Å²) in [6, 6.07) is 0. The van der Waals surface area contributed by atoms with Gasteiger partial charge in [-0.05, 0) is 6.42 Å². The number of rotatable bonds is 12. The lowest BCUT2D eigenvalue weighted by molar-refractivity contribution is -0.445. The molecule has 0 radical (unpaired) electrons. The Kier molecular flexibility index (Phi) is 14.0. The largest absolute Gasteiger partial charge is 1.00 e. The van der Waals surface area contributed by atoms with E-state index in [1.807, 2.05) is 0 Å². The highest BCUT2D eigenvalue weighted by Crippen LogP contribution is 2.11. The van der Waals surface area contributed by atoms with Crippen molar-refractivity contribution in [3.8, 4) is 0 Å². The Morgan fingerprint density at radius 3 is 1.84 bits per heavy atom. The summed E-state index contributed by atoms with van der Waals surface area (Å²) in [4.78, 5) is 3.40. The Hall–Kier alpha value is -0.240. The highest BCUT2D eigenvalue weighted by molar-refractivity contribution is 5.77. The van der Waals surface area contributed by atoms with Crippen LogP contribution in [0.5, 0.6) is 0 Å². The van der Waals surface area contributed by atoms with Crippen molar-refractivity contribution in [1.82, 2.24) is 5.32 Å². The SMILES string of the molecule is CCCCCCCCCCCCCC1=[NH+]CCN1.[Cl-]. The quantitative estimate of drug-likeness (QED) is 0.477. The van der Waals surface area contributed by atoms with Crippen molar-refractivity contribution >= 4 is 5.84 Å². The third-order valence-electron chi connectivity index (χ3n) is 3.83. The van der Waals surface area contributed by atoms with Crippen LogP contribution < -0.4 is 22.7 Å². The van der Waals surface area contributed by atoms with Gasteiger partial charge in [-0.1, -0.05) is 71.1 Å². The summed E-state index contributed by atoms with van der Waals surface area (Å²) in [7, 11) is 0. The van der Waals surface area contributed by atoms with Gasteiger partial charge in [0.1, 0.15) is 13.1 Å². The fraction of sp³-hybridized carbons (Fsp3) is 0.938. The van der Waals surface area contributed by atoms with Gasteiger partial charge in [-0.25, -0.2) is 0 Å². The fourth-order valence-corrected chi connectivity index (χ4v) is 2.63. The Morgan fingerprint density at radius 1 is 0.842 bits per heavy atom. The molecule has 19 heavy (non-hydrogen) atoms. The van der Waals surface area contributed by atoms with Gasteiger partial charge in [0.25, 0.3) is 0 Å². The molecule has 0 aromatic carbocycles. The number of nitrogens with one attached hydrogen (secondary N) is 2. The lowest BCUT2D eigenvalue weighted by Gasteiger charge is -2.02. The second-order valence-electron chi connectivity index (χ2n) is 5.62. The summed E-state index contributed by atoms with van der Waals surface area (Å²) < 4.78 is 0. The molecule has 0 saturated carbocycles. The second kappa shape index (κ2) is 14.2. The van der Waals surface area contributed by atoms with E-state index in [4.69, 9.17) is 0 Å². The number of unbranched alkanes of at least 4 members (excludes halogenated alkanes) is 10. The van der Waals surface area contributed by atoms with Gasteiger partial charge in [0.2, 0.25) is 5.84 Å². The summed E-state index contributed by atoms with van der Waals surface area (Å²) >= 11 is 0. The lowest BCUT2D eigenvalue weighted by atomic mass is 10.1.